The lowest BCUT2D eigenvalue weighted by Gasteiger charge is -2.09. The number of nitrogens with zero attached hydrogens (tertiary/aromatic N) is 3. The van der Waals surface area contributed by atoms with Crippen LogP contribution in [-0.4, -0.2) is 25.6 Å². The van der Waals surface area contributed by atoms with Crippen LogP contribution in [0, 0.1) is 10.1 Å². The second-order valence-electron chi connectivity index (χ2n) is 4.63. The van der Waals surface area contributed by atoms with E-state index in [4.69, 9.17) is 0 Å². The van der Waals surface area contributed by atoms with Crippen LogP contribution in [0.15, 0.2) is 24.3 Å². The number of nitro groups is 1. The topological polar surface area (TPSA) is 98.3 Å². The van der Waals surface area contributed by atoms with Crippen molar-refractivity contribution in [2.75, 3.05) is 0 Å². The van der Waals surface area contributed by atoms with E-state index in [0.717, 1.165) is 4.73 Å². The molecule has 3 rings (SSSR count). The normalized spacial score (nSPS) is 14.1. The van der Waals surface area contributed by atoms with E-state index in [1.165, 1.54) is 18.2 Å². The fraction of sp³-hybridized carbons (Fsp3) is 0.231. The van der Waals surface area contributed by atoms with Crippen molar-refractivity contribution in [1.82, 2.24) is 9.71 Å². The number of imidazole rings is 1. The number of Topliss-reactive ketones (excluding diaryl/α,β-unsaturated/α-hetero) is 1. The molecule has 1 aromatic heterocycles. The average molecular weight is 273 g/mol. The summed E-state index contributed by atoms with van der Waals surface area (Å²) < 4.78 is 0.867. The Hall–Kier alpha value is -2.70. The molecule has 1 aromatic carbocycles. The maximum Gasteiger partial charge on any atom is 0.270 e. The Labute approximate surface area is 113 Å². The largest absolute Gasteiger partial charge is 0.427 e. The van der Waals surface area contributed by atoms with E-state index in [0.29, 0.717) is 30.5 Å². The van der Waals surface area contributed by atoms with Crippen LogP contribution in [-0.2, 0) is 6.42 Å². The Balaban J connectivity index is 2.13. The molecule has 0 spiro atoms. The van der Waals surface area contributed by atoms with Gasteiger partial charge in [0.25, 0.3) is 5.69 Å². The molecule has 20 heavy (non-hydrogen) atoms. The molecule has 1 aliphatic rings. The Kier molecular flexibility index (Phi) is 2.74. The van der Waals surface area contributed by atoms with Crippen LogP contribution in [0.25, 0.3) is 11.4 Å². The molecule has 7 nitrogen and oxygen atoms in total. The van der Waals surface area contributed by atoms with Crippen molar-refractivity contribution in [1.29, 1.82) is 0 Å². The van der Waals surface area contributed by atoms with Crippen LogP contribution in [0.3, 0.4) is 0 Å². The van der Waals surface area contributed by atoms with Gasteiger partial charge in [0.2, 0.25) is 0 Å². The number of hydrogen-bond acceptors (Lipinski definition) is 5. The van der Waals surface area contributed by atoms with Crippen LogP contribution in [0.1, 0.15) is 29.0 Å². The highest BCUT2D eigenvalue weighted by Gasteiger charge is 2.26. The van der Waals surface area contributed by atoms with Crippen LogP contribution in [0.4, 0.5) is 5.69 Å². The van der Waals surface area contributed by atoms with E-state index in [-0.39, 0.29) is 23.0 Å². The maximum absolute atomic E-state index is 11.8. The molecule has 0 amide bonds. The number of fused-ring (bicyclic) bond motifs is 1. The van der Waals surface area contributed by atoms with E-state index in [9.17, 15) is 20.1 Å². The maximum atomic E-state index is 11.8. The predicted octanol–water partition coefficient (Wildman–Crippen LogP) is 2.21. The van der Waals surface area contributed by atoms with Gasteiger partial charge in [0.05, 0.1) is 10.6 Å². The van der Waals surface area contributed by atoms with E-state index in [1.54, 1.807) is 6.07 Å². The van der Waals surface area contributed by atoms with Gasteiger partial charge in [0.1, 0.15) is 5.69 Å². The van der Waals surface area contributed by atoms with E-state index >= 15 is 0 Å². The molecule has 0 unspecified atom stereocenters. The van der Waals surface area contributed by atoms with Gasteiger partial charge >= 0.3 is 0 Å². The third-order valence-electron chi connectivity index (χ3n) is 3.34. The Morgan fingerprint density at radius 2 is 2.15 bits per heavy atom. The molecule has 0 atom stereocenters. The fourth-order valence-corrected chi connectivity index (χ4v) is 2.37. The third kappa shape index (κ3) is 1.83. The van der Waals surface area contributed by atoms with Gasteiger partial charge in [0, 0.05) is 24.1 Å². The van der Waals surface area contributed by atoms with Gasteiger partial charge in [-0.05, 0) is 12.8 Å². The summed E-state index contributed by atoms with van der Waals surface area (Å²) in [5.41, 5.74) is 1.06. The first-order chi connectivity index (χ1) is 9.58. The molecule has 1 heterocycles. The minimum atomic E-state index is -0.515. The summed E-state index contributed by atoms with van der Waals surface area (Å²) in [4.78, 5) is 26.2. The molecular weight excluding hydrogens is 262 g/mol. The van der Waals surface area contributed by atoms with Crippen LogP contribution in [0.2, 0.25) is 0 Å². The summed E-state index contributed by atoms with van der Waals surface area (Å²) in [7, 11) is 0. The zero-order valence-electron chi connectivity index (χ0n) is 10.4. The molecular formula is C13H11N3O4. The summed E-state index contributed by atoms with van der Waals surface area (Å²) in [6, 6.07) is 5.81. The van der Waals surface area contributed by atoms with E-state index < -0.39 is 4.92 Å². The van der Waals surface area contributed by atoms with Crippen molar-refractivity contribution in [2.45, 2.75) is 19.3 Å². The van der Waals surface area contributed by atoms with E-state index in [2.05, 4.69) is 4.98 Å². The number of aromatic nitrogens is 2. The van der Waals surface area contributed by atoms with Crippen LogP contribution >= 0.6 is 0 Å². The predicted molar refractivity (Wildman–Crippen MR) is 68.8 cm³/mol. The first kappa shape index (κ1) is 12.3. The standard InChI is InChI=1S/C13H11N3O4/c17-11-6-2-5-10-12(11)14-13(15(10)18)8-3-1-4-9(7-8)16(19)20/h1,3-4,7,18H,2,5-6H2. The zero-order valence-corrected chi connectivity index (χ0v) is 10.4. The van der Waals surface area contributed by atoms with Crippen molar-refractivity contribution < 1.29 is 14.9 Å². The minimum Gasteiger partial charge on any atom is -0.427 e. The van der Waals surface area contributed by atoms with Gasteiger partial charge in [-0.15, -0.1) is 0 Å². The molecule has 0 saturated heterocycles. The number of hydrogen-bond donors (Lipinski definition) is 1. The SMILES string of the molecule is O=C1CCCc2c1nc(-c1cccc([N+](=O)[O-])c1)n2O. The number of carbonyl (C=O) groups is 1. The Morgan fingerprint density at radius 3 is 2.85 bits per heavy atom. The molecule has 0 saturated carbocycles. The summed E-state index contributed by atoms with van der Waals surface area (Å²) in [5, 5.41) is 20.9. The van der Waals surface area contributed by atoms with Gasteiger partial charge < -0.3 is 5.21 Å². The lowest BCUT2D eigenvalue weighted by molar-refractivity contribution is -0.384. The number of carbonyl (C=O) groups excluding carboxylic acids is 1. The highest BCUT2D eigenvalue weighted by Crippen LogP contribution is 2.28. The highest BCUT2D eigenvalue weighted by molar-refractivity contribution is 5.97. The molecule has 0 radical (unpaired) electrons. The van der Waals surface area contributed by atoms with Crippen molar-refractivity contribution in [3.8, 4) is 11.4 Å². The summed E-state index contributed by atoms with van der Waals surface area (Å²) in [6.45, 7) is 0. The minimum absolute atomic E-state index is 0.0881. The number of non-ortho nitro benzene ring substituents is 1. The Bertz CT molecular complexity index is 720. The van der Waals surface area contributed by atoms with Gasteiger partial charge in [-0.2, -0.15) is 4.73 Å². The smallest absolute Gasteiger partial charge is 0.270 e. The fourth-order valence-electron chi connectivity index (χ4n) is 2.37. The van der Waals surface area contributed by atoms with E-state index in [1.807, 2.05) is 0 Å². The lowest BCUT2D eigenvalue weighted by atomic mass is 10.0. The number of nitro benzene ring substituents is 1. The Morgan fingerprint density at radius 1 is 1.35 bits per heavy atom. The van der Waals surface area contributed by atoms with Crippen molar-refractivity contribution in [2.24, 2.45) is 0 Å². The molecule has 0 fully saturated rings. The number of rotatable bonds is 2. The second-order valence-corrected chi connectivity index (χ2v) is 4.63. The van der Waals surface area contributed by atoms with Crippen LogP contribution < -0.4 is 0 Å². The zero-order chi connectivity index (χ0) is 14.3. The highest BCUT2D eigenvalue weighted by atomic mass is 16.6. The first-order valence-electron chi connectivity index (χ1n) is 6.17. The second kappa shape index (κ2) is 4.44. The molecule has 2 aromatic rings. The quantitative estimate of drug-likeness (QED) is 0.514. The molecule has 0 bridgehead atoms. The number of benzene rings is 1. The monoisotopic (exact) mass is 273 g/mol. The van der Waals surface area contributed by atoms with Gasteiger partial charge in [-0.1, -0.05) is 12.1 Å². The van der Waals surface area contributed by atoms with Gasteiger partial charge in [0.15, 0.2) is 11.6 Å². The van der Waals surface area contributed by atoms with Gasteiger partial charge in [-0.25, -0.2) is 4.98 Å². The van der Waals surface area contributed by atoms with Crippen LogP contribution in [0.5, 0.6) is 0 Å². The summed E-state index contributed by atoms with van der Waals surface area (Å²) >= 11 is 0. The molecule has 0 aliphatic heterocycles. The summed E-state index contributed by atoms with van der Waals surface area (Å²) in [5.74, 6) is 0.0553. The average Bonchev–Trinajstić information content (AvgIpc) is 2.78. The number of ketones is 1. The third-order valence-corrected chi connectivity index (χ3v) is 3.34. The van der Waals surface area contributed by atoms with Crippen molar-refractivity contribution >= 4 is 11.5 Å². The molecule has 102 valence electrons. The molecule has 1 N–H and O–H groups in total. The molecule has 7 heteroatoms. The van der Waals surface area contributed by atoms with Crippen molar-refractivity contribution in [3.63, 3.8) is 0 Å². The summed E-state index contributed by atoms with van der Waals surface area (Å²) in [6.07, 6.45) is 1.66. The van der Waals surface area contributed by atoms with Gasteiger partial charge in [-0.3, -0.25) is 14.9 Å². The molecule has 1 aliphatic carbocycles. The van der Waals surface area contributed by atoms with Crippen molar-refractivity contribution in [3.05, 3.63) is 45.8 Å². The lowest BCUT2D eigenvalue weighted by Crippen LogP contribution is -2.12. The first-order valence-corrected chi connectivity index (χ1v) is 6.17.